The lowest BCUT2D eigenvalue weighted by Gasteiger charge is -2.13. The predicted octanol–water partition coefficient (Wildman–Crippen LogP) is 4.68. The molecule has 6 rings (SSSR count). The van der Waals surface area contributed by atoms with Gasteiger partial charge in [0, 0.05) is 29.1 Å². The van der Waals surface area contributed by atoms with Crippen molar-refractivity contribution in [2.45, 2.75) is 46.6 Å². The Bertz CT molecular complexity index is 1510. The number of hydrogen-bond acceptors (Lipinski definition) is 6. The van der Waals surface area contributed by atoms with Gasteiger partial charge in [-0.2, -0.15) is 5.21 Å². The highest BCUT2D eigenvalue weighted by Crippen LogP contribution is 2.33. The van der Waals surface area contributed by atoms with Crippen molar-refractivity contribution in [2.24, 2.45) is 0 Å². The van der Waals surface area contributed by atoms with Crippen molar-refractivity contribution in [1.29, 1.82) is 0 Å². The van der Waals surface area contributed by atoms with Crippen LogP contribution in [0.4, 0.5) is 11.4 Å². The lowest BCUT2D eigenvalue weighted by molar-refractivity contribution is 0.744. The Hall–Kier alpha value is -4.07. The van der Waals surface area contributed by atoms with Gasteiger partial charge in [-0.3, -0.25) is 0 Å². The van der Waals surface area contributed by atoms with Crippen molar-refractivity contribution in [1.82, 2.24) is 35.2 Å². The van der Waals surface area contributed by atoms with E-state index >= 15 is 0 Å². The number of nitrogens with one attached hydrogen (secondary N) is 2. The van der Waals surface area contributed by atoms with Gasteiger partial charge in [-0.05, 0) is 84.5 Å². The van der Waals surface area contributed by atoms with Gasteiger partial charge >= 0.3 is 0 Å². The van der Waals surface area contributed by atoms with Gasteiger partial charge in [0.25, 0.3) is 0 Å². The van der Waals surface area contributed by atoms with E-state index in [0.717, 1.165) is 65.4 Å². The van der Waals surface area contributed by atoms with Crippen LogP contribution in [0.25, 0.3) is 22.6 Å². The molecule has 170 valence electrons. The van der Waals surface area contributed by atoms with Gasteiger partial charge in [-0.1, -0.05) is 19.1 Å². The third kappa shape index (κ3) is 3.51. The number of aromatic amines is 1. The largest absolute Gasteiger partial charge is 0.355 e. The fraction of sp³-hybridized carbons (Fsp3) is 0.269. The molecule has 0 aliphatic carbocycles. The van der Waals surface area contributed by atoms with Gasteiger partial charge in [0.1, 0.15) is 11.3 Å². The second-order valence-corrected chi connectivity index (χ2v) is 8.94. The zero-order valence-corrected chi connectivity index (χ0v) is 19.6. The maximum atomic E-state index is 4.90. The summed E-state index contributed by atoms with van der Waals surface area (Å²) in [5, 5.41) is 18.1. The van der Waals surface area contributed by atoms with Gasteiger partial charge in [0.05, 0.1) is 6.54 Å². The van der Waals surface area contributed by atoms with Crippen LogP contribution in [0.5, 0.6) is 0 Å². The van der Waals surface area contributed by atoms with E-state index in [9.17, 15) is 0 Å². The van der Waals surface area contributed by atoms with E-state index in [1.807, 2.05) is 13.0 Å². The number of anilines is 2. The Kier molecular flexibility index (Phi) is 4.86. The lowest BCUT2D eigenvalue weighted by Crippen LogP contribution is -2.06. The first-order valence-corrected chi connectivity index (χ1v) is 11.7. The number of hydrogen-bond donors (Lipinski definition) is 2. The topological polar surface area (TPSA) is 97.2 Å². The summed E-state index contributed by atoms with van der Waals surface area (Å²) in [6.07, 6.45) is 2.78. The summed E-state index contributed by atoms with van der Waals surface area (Å²) in [4.78, 5) is 9.73. The molecule has 0 unspecified atom stereocenters. The summed E-state index contributed by atoms with van der Waals surface area (Å²) in [5.74, 6) is 1.69. The number of tetrazole rings is 1. The van der Waals surface area contributed by atoms with Crippen LogP contribution in [0.1, 0.15) is 40.7 Å². The van der Waals surface area contributed by atoms with Crippen LogP contribution in [0.2, 0.25) is 0 Å². The Morgan fingerprint density at radius 1 is 0.941 bits per heavy atom. The summed E-state index contributed by atoms with van der Waals surface area (Å²) in [6, 6.07) is 15.1. The fourth-order valence-electron chi connectivity index (χ4n) is 4.90. The minimum absolute atomic E-state index is 0.616. The molecule has 0 saturated carbocycles. The minimum Gasteiger partial charge on any atom is -0.355 e. The number of pyridine rings is 1. The van der Waals surface area contributed by atoms with Gasteiger partial charge in [-0.15, -0.1) is 10.2 Å². The van der Waals surface area contributed by atoms with Gasteiger partial charge in [-0.25, -0.2) is 9.97 Å². The van der Waals surface area contributed by atoms with Gasteiger partial charge < -0.3 is 9.88 Å². The van der Waals surface area contributed by atoms with E-state index in [1.54, 1.807) is 0 Å². The van der Waals surface area contributed by atoms with Crippen molar-refractivity contribution < 1.29 is 0 Å². The number of imidazole rings is 1. The van der Waals surface area contributed by atoms with E-state index in [4.69, 9.17) is 9.97 Å². The molecule has 5 aromatic rings. The zero-order valence-electron chi connectivity index (χ0n) is 19.6. The second kappa shape index (κ2) is 8.06. The Morgan fingerprint density at radius 2 is 1.74 bits per heavy atom. The normalized spacial score (nSPS) is 12.8. The molecule has 0 atom stereocenters. The van der Waals surface area contributed by atoms with Crippen molar-refractivity contribution in [3.8, 4) is 11.4 Å². The molecule has 0 fully saturated rings. The Balaban J connectivity index is 1.32. The lowest BCUT2D eigenvalue weighted by atomic mass is 10.0. The quantitative estimate of drug-likeness (QED) is 0.413. The molecular weight excluding hydrogens is 424 g/mol. The number of nitrogens with zero attached hydrogens (tertiary/aromatic N) is 6. The number of aryl methyl sites for hydroxylation is 5. The first kappa shape index (κ1) is 20.5. The number of rotatable bonds is 4. The maximum absolute atomic E-state index is 4.90. The summed E-state index contributed by atoms with van der Waals surface area (Å²) in [6.45, 7) is 7.08. The smallest absolute Gasteiger partial charge is 0.204 e. The van der Waals surface area contributed by atoms with Crippen LogP contribution in [0.15, 0.2) is 42.5 Å². The molecule has 0 spiro atoms. The van der Waals surface area contributed by atoms with Crippen LogP contribution in [-0.4, -0.2) is 35.2 Å². The molecule has 1 aliphatic heterocycles. The molecule has 2 N–H and O–H groups in total. The van der Waals surface area contributed by atoms with E-state index in [-0.39, 0.29) is 0 Å². The molecule has 0 amide bonds. The summed E-state index contributed by atoms with van der Waals surface area (Å²) >= 11 is 0. The third-order valence-corrected chi connectivity index (χ3v) is 6.57. The van der Waals surface area contributed by atoms with E-state index < -0.39 is 0 Å². The van der Waals surface area contributed by atoms with Crippen LogP contribution < -0.4 is 5.32 Å². The van der Waals surface area contributed by atoms with Crippen molar-refractivity contribution in [2.75, 3.05) is 5.32 Å². The zero-order chi connectivity index (χ0) is 23.2. The Morgan fingerprint density at radius 3 is 2.50 bits per heavy atom. The van der Waals surface area contributed by atoms with Crippen LogP contribution in [0, 0.1) is 13.8 Å². The van der Waals surface area contributed by atoms with Crippen molar-refractivity contribution >= 4 is 22.5 Å². The summed E-state index contributed by atoms with van der Waals surface area (Å²) < 4.78 is 2.27. The predicted molar refractivity (Wildman–Crippen MR) is 132 cm³/mol. The average molecular weight is 451 g/mol. The van der Waals surface area contributed by atoms with Crippen LogP contribution in [-0.2, 0) is 25.8 Å². The molecular formula is C26H26N8. The molecule has 8 heteroatoms. The number of H-pyrrole nitrogens is 1. The van der Waals surface area contributed by atoms with Crippen molar-refractivity contribution in [3.63, 3.8) is 0 Å². The average Bonchev–Trinajstić information content (AvgIpc) is 3.44. The maximum Gasteiger partial charge on any atom is 0.204 e. The van der Waals surface area contributed by atoms with Crippen molar-refractivity contribution in [3.05, 3.63) is 76.2 Å². The third-order valence-electron chi connectivity index (χ3n) is 6.57. The molecule has 0 bridgehead atoms. The Labute approximate surface area is 197 Å². The SMILES string of the molecule is CCc1nc2c(C)cc(C)nc2n1Cc1ccc2c(c1)CCc1cc(-c3nn[nH]n3)ccc1N2. The standard InChI is InChI=1S/C26H26N8/c1-4-23-29-24-15(2)11-16(3)27-26(24)34(23)14-17-5-9-21-18(12-17)6-7-19-13-20(8-10-22(19)28-21)25-30-32-33-31-25/h5,8-13,28H,4,6-7,14H2,1-3H3,(H,30,31,32,33). The number of aromatic nitrogens is 7. The molecule has 1 aliphatic rings. The van der Waals surface area contributed by atoms with Crippen LogP contribution in [0.3, 0.4) is 0 Å². The number of fused-ring (bicyclic) bond motifs is 3. The van der Waals surface area contributed by atoms with Crippen LogP contribution >= 0.6 is 0 Å². The highest BCUT2D eigenvalue weighted by molar-refractivity contribution is 5.76. The summed E-state index contributed by atoms with van der Waals surface area (Å²) in [5.41, 5.74) is 11.3. The first-order valence-electron chi connectivity index (χ1n) is 11.7. The molecule has 0 radical (unpaired) electrons. The molecule has 34 heavy (non-hydrogen) atoms. The summed E-state index contributed by atoms with van der Waals surface area (Å²) in [7, 11) is 0. The molecule has 3 aromatic heterocycles. The molecule has 8 nitrogen and oxygen atoms in total. The highest BCUT2D eigenvalue weighted by atomic mass is 15.5. The van der Waals surface area contributed by atoms with E-state index in [0.29, 0.717) is 5.82 Å². The molecule has 2 aromatic carbocycles. The monoisotopic (exact) mass is 450 g/mol. The fourth-order valence-corrected chi connectivity index (χ4v) is 4.90. The second-order valence-electron chi connectivity index (χ2n) is 8.94. The number of benzene rings is 2. The van der Waals surface area contributed by atoms with E-state index in [2.05, 4.69) is 80.8 Å². The van der Waals surface area contributed by atoms with E-state index in [1.165, 1.54) is 22.3 Å². The highest BCUT2D eigenvalue weighted by Gasteiger charge is 2.17. The van der Waals surface area contributed by atoms with Gasteiger partial charge in [0.15, 0.2) is 5.65 Å². The van der Waals surface area contributed by atoms with Gasteiger partial charge in [0.2, 0.25) is 5.82 Å². The minimum atomic E-state index is 0.616. The first-order chi connectivity index (χ1) is 16.6. The molecule has 4 heterocycles. The molecule has 0 saturated heterocycles.